The van der Waals surface area contributed by atoms with E-state index in [4.69, 9.17) is 0 Å². The molecule has 0 radical (unpaired) electrons. The summed E-state index contributed by atoms with van der Waals surface area (Å²) in [5.74, 6) is 0.813. The summed E-state index contributed by atoms with van der Waals surface area (Å²) in [6.07, 6.45) is 0.626. The van der Waals surface area contributed by atoms with Crippen LogP contribution in [0.15, 0.2) is 120 Å². The van der Waals surface area contributed by atoms with Crippen molar-refractivity contribution in [1.82, 2.24) is 0 Å². The molecule has 36 heavy (non-hydrogen) atoms. The molecule has 0 aliphatic rings. The van der Waals surface area contributed by atoms with Crippen molar-refractivity contribution >= 4 is 38.1 Å². The van der Waals surface area contributed by atoms with E-state index >= 15 is 0 Å². The number of sulfone groups is 1. The first-order chi connectivity index (χ1) is 17.4. The van der Waals surface area contributed by atoms with Crippen molar-refractivity contribution in [3.8, 4) is 0 Å². The van der Waals surface area contributed by atoms with Gasteiger partial charge in [0.15, 0.2) is 9.84 Å². The molecule has 0 aliphatic carbocycles. The van der Waals surface area contributed by atoms with Crippen molar-refractivity contribution in [2.45, 2.75) is 31.6 Å². The van der Waals surface area contributed by atoms with Crippen LogP contribution in [0.4, 0.5) is 0 Å². The third-order valence-electron chi connectivity index (χ3n) is 5.57. The molecular formula is C30H33ClO2PRuS+. The first-order valence-corrected chi connectivity index (χ1v) is 17.1. The number of rotatable bonds is 7. The van der Waals surface area contributed by atoms with E-state index in [0.717, 1.165) is 0 Å². The van der Waals surface area contributed by atoms with E-state index in [0.29, 0.717) is 17.0 Å². The molecule has 4 aromatic carbocycles. The first-order valence-electron chi connectivity index (χ1n) is 11.7. The summed E-state index contributed by atoms with van der Waals surface area (Å²) >= 11 is 1.82. The Bertz CT molecular complexity index is 1200. The Morgan fingerprint density at radius 2 is 1.11 bits per heavy atom. The second kappa shape index (κ2) is 16.1. The summed E-state index contributed by atoms with van der Waals surface area (Å²) in [6.45, 7) is 6.54. The van der Waals surface area contributed by atoms with Gasteiger partial charge in [-0.1, -0.05) is 123 Å². The van der Waals surface area contributed by atoms with Crippen molar-refractivity contribution in [3.63, 3.8) is 0 Å². The Labute approximate surface area is 232 Å². The quantitative estimate of drug-likeness (QED) is 0.159. The van der Waals surface area contributed by atoms with Crippen LogP contribution in [0.3, 0.4) is 0 Å². The van der Waals surface area contributed by atoms with E-state index in [1.54, 1.807) is 24.3 Å². The van der Waals surface area contributed by atoms with Crippen LogP contribution in [0.1, 0.15) is 30.9 Å². The Morgan fingerprint density at radius 3 is 1.53 bits per heavy atom. The van der Waals surface area contributed by atoms with E-state index < -0.39 is 17.8 Å². The molecule has 0 atom stereocenters. The molecule has 0 unspecified atom stereocenters. The molecule has 0 spiro atoms. The minimum atomic E-state index is -3.26. The molecule has 0 amide bonds. The molecule has 0 aliphatic heterocycles. The van der Waals surface area contributed by atoms with Crippen LogP contribution in [0.5, 0.6) is 0 Å². The predicted octanol–water partition coefficient (Wildman–Crippen LogP) is 7.40. The molecule has 0 bridgehead atoms. The SMILES string of the molecule is Cc1ccc(C(C)C)cc1.O=S(=O)(CCP(c1ccccc1)c1ccccc1)c1ccccc1.[Cl][Ru+]. The minimum absolute atomic E-state index is 0.159. The van der Waals surface area contributed by atoms with Gasteiger partial charge in [-0.05, 0) is 55.2 Å². The monoisotopic (exact) mass is 625 g/mol. The van der Waals surface area contributed by atoms with Gasteiger partial charge in [-0.15, -0.1) is 0 Å². The van der Waals surface area contributed by atoms with E-state index in [1.807, 2.05) is 59.8 Å². The Kier molecular flexibility index (Phi) is 13.6. The van der Waals surface area contributed by atoms with Gasteiger partial charge in [0.2, 0.25) is 0 Å². The summed E-state index contributed by atoms with van der Waals surface area (Å²) in [5.41, 5.74) is 2.76. The summed E-state index contributed by atoms with van der Waals surface area (Å²) in [7, 11) is 0.629. The number of benzene rings is 4. The van der Waals surface area contributed by atoms with Crippen LogP contribution in [0, 0.1) is 6.92 Å². The summed E-state index contributed by atoms with van der Waals surface area (Å²) in [4.78, 5) is 0.404. The van der Waals surface area contributed by atoms with E-state index in [1.165, 1.54) is 21.7 Å². The molecule has 0 saturated heterocycles. The fourth-order valence-corrected chi connectivity index (χ4v) is 7.91. The summed E-state index contributed by atoms with van der Waals surface area (Å²) < 4.78 is 25.2. The molecule has 0 heterocycles. The van der Waals surface area contributed by atoms with Gasteiger partial charge in [-0.2, -0.15) is 0 Å². The van der Waals surface area contributed by atoms with Gasteiger partial charge in [-0.3, -0.25) is 0 Å². The van der Waals surface area contributed by atoms with Crippen molar-refractivity contribution in [3.05, 3.63) is 126 Å². The number of hydrogen-bond donors (Lipinski definition) is 0. The zero-order chi connectivity index (χ0) is 26.4. The maximum absolute atomic E-state index is 12.6. The number of hydrogen-bond acceptors (Lipinski definition) is 2. The Morgan fingerprint density at radius 1 is 0.694 bits per heavy atom. The maximum atomic E-state index is 12.6. The molecule has 0 saturated carbocycles. The number of halogens is 1. The van der Waals surface area contributed by atoms with Crippen molar-refractivity contribution in [2.75, 3.05) is 11.9 Å². The summed E-state index contributed by atoms with van der Waals surface area (Å²) in [5, 5.41) is 2.42. The van der Waals surface area contributed by atoms with E-state index in [-0.39, 0.29) is 5.75 Å². The average Bonchev–Trinajstić information content (AvgIpc) is 2.92. The zero-order valence-electron chi connectivity index (χ0n) is 20.9. The third-order valence-corrected chi connectivity index (χ3v) is 10.1. The van der Waals surface area contributed by atoms with Crippen LogP contribution in [-0.4, -0.2) is 20.3 Å². The molecule has 4 rings (SSSR count). The second-order valence-corrected chi connectivity index (χ2v) is 13.0. The molecule has 0 N–H and O–H groups in total. The van der Waals surface area contributed by atoms with Crippen LogP contribution in [0.2, 0.25) is 0 Å². The molecular weight excluding hydrogens is 592 g/mol. The fraction of sp³-hybridized carbons (Fsp3) is 0.200. The third kappa shape index (κ3) is 9.91. The molecule has 4 aromatic rings. The van der Waals surface area contributed by atoms with Gasteiger partial charge >= 0.3 is 27.0 Å². The van der Waals surface area contributed by atoms with Gasteiger partial charge in [0, 0.05) is 0 Å². The number of aryl methyl sites for hydroxylation is 1. The zero-order valence-corrected chi connectivity index (χ0v) is 25.1. The van der Waals surface area contributed by atoms with Crippen LogP contribution >= 0.6 is 17.6 Å². The molecule has 6 heteroatoms. The van der Waals surface area contributed by atoms with Gasteiger partial charge in [0.1, 0.15) is 0 Å². The Balaban J connectivity index is 0.000000318. The fourth-order valence-electron chi connectivity index (χ4n) is 3.53. The Hall–Kier alpha value is -1.83. The standard InChI is InChI=1S/C20H19O2PS.C10H14.ClH.Ru/c21-24(22,20-14-8-3-9-15-20)17-16-23(18-10-4-1-5-11-18)19-12-6-2-7-13-19;1-8(2)10-6-4-9(3)5-7-10;;/h1-15H,16-17H2;4-8H,1-3H3;1H;/q;;;+2/p-1. The topological polar surface area (TPSA) is 34.1 Å². The normalized spacial score (nSPS) is 10.8. The van der Waals surface area contributed by atoms with E-state index in [9.17, 15) is 8.42 Å². The van der Waals surface area contributed by atoms with Crippen LogP contribution in [-0.2, 0) is 27.1 Å². The molecule has 2 nitrogen and oxygen atoms in total. The van der Waals surface area contributed by atoms with Gasteiger partial charge in [0.25, 0.3) is 0 Å². The van der Waals surface area contributed by atoms with E-state index in [2.05, 4.69) is 79.0 Å². The molecule has 0 aromatic heterocycles. The molecule has 190 valence electrons. The van der Waals surface area contributed by atoms with Gasteiger partial charge in [-0.25, -0.2) is 8.42 Å². The predicted molar refractivity (Wildman–Crippen MR) is 154 cm³/mol. The molecule has 0 fully saturated rings. The van der Waals surface area contributed by atoms with Crippen molar-refractivity contribution in [1.29, 1.82) is 0 Å². The van der Waals surface area contributed by atoms with Crippen molar-refractivity contribution in [2.24, 2.45) is 0 Å². The first kappa shape index (κ1) is 30.4. The summed E-state index contributed by atoms with van der Waals surface area (Å²) in [6, 6.07) is 37.8. The van der Waals surface area contributed by atoms with Gasteiger partial charge in [0.05, 0.1) is 10.6 Å². The van der Waals surface area contributed by atoms with Crippen molar-refractivity contribution < 1.29 is 25.7 Å². The average molecular weight is 625 g/mol. The second-order valence-electron chi connectivity index (χ2n) is 8.52. The van der Waals surface area contributed by atoms with Gasteiger partial charge < -0.3 is 0 Å². The van der Waals surface area contributed by atoms with Crippen LogP contribution in [0.25, 0.3) is 0 Å². The van der Waals surface area contributed by atoms with Crippen LogP contribution < -0.4 is 10.6 Å².